The Bertz CT molecular complexity index is 516. The summed E-state index contributed by atoms with van der Waals surface area (Å²) in [5.74, 6) is 0.126. The van der Waals surface area contributed by atoms with E-state index in [0.717, 1.165) is 5.56 Å². The summed E-state index contributed by atoms with van der Waals surface area (Å²) in [6.07, 6.45) is 0.961. The first-order chi connectivity index (χ1) is 9.11. The van der Waals surface area contributed by atoms with Crippen molar-refractivity contribution in [1.29, 1.82) is 0 Å². The average Bonchev–Trinajstić information content (AvgIpc) is 2.38. The Kier molecular flexibility index (Phi) is 3.96. The zero-order chi connectivity index (χ0) is 13.8. The number of anilines is 1. The number of nitro groups is 1. The smallest absolute Gasteiger partial charge is 0.313 e. The highest BCUT2D eigenvalue weighted by Gasteiger charge is 2.23. The van der Waals surface area contributed by atoms with Gasteiger partial charge in [-0.1, -0.05) is 0 Å². The van der Waals surface area contributed by atoms with Crippen molar-refractivity contribution in [2.45, 2.75) is 12.8 Å². The number of aryl methyl sites for hydroxylation is 1. The summed E-state index contributed by atoms with van der Waals surface area (Å²) in [4.78, 5) is 21.8. The van der Waals surface area contributed by atoms with E-state index < -0.39 is 4.92 Å². The van der Waals surface area contributed by atoms with Crippen molar-refractivity contribution in [3.8, 4) is 5.75 Å². The molecule has 0 aromatic heterocycles. The van der Waals surface area contributed by atoms with E-state index in [1.54, 1.807) is 13.1 Å². The van der Waals surface area contributed by atoms with Crippen molar-refractivity contribution < 1.29 is 14.5 Å². The molecule has 2 rings (SSSR count). The molecule has 0 unspecified atom stereocenters. The molecule has 0 radical (unpaired) electrons. The van der Waals surface area contributed by atoms with Gasteiger partial charge in [-0.15, -0.1) is 0 Å². The average molecular weight is 265 g/mol. The molecule has 0 spiro atoms. The fourth-order valence-electron chi connectivity index (χ4n) is 1.92. The number of nitrogens with zero attached hydrogens (tertiary/aromatic N) is 1. The second kappa shape index (κ2) is 5.66. The number of likely N-dealkylation sites (N-methyl/N-ethyl adjacent to an activating group) is 1. The monoisotopic (exact) mass is 265 g/mol. The third kappa shape index (κ3) is 3.00. The van der Waals surface area contributed by atoms with Crippen molar-refractivity contribution in [3.63, 3.8) is 0 Å². The van der Waals surface area contributed by atoms with Gasteiger partial charge in [0.1, 0.15) is 6.61 Å². The van der Waals surface area contributed by atoms with Crippen molar-refractivity contribution in [2.24, 2.45) is 0 Å². The van der Waals surface area contributed by atoms with Crippen LogP contribution < -0.4 is 15.4 Å². The molecule has 0 bridgehead atoms. The van der Waals surface area contributed by atoms with Crippen LogP contribution in [0, 0.1) is 10.1 Å². The van der Waals surface area contributed by atoms with Crippen LogP contribution in [0.15, 0.2) is 12.1 Å². The molecular formula is C12H15N3O4. The maximum absolute atomic E-state index is 11.3. The Hall–Kier alpha value is -2.15. The zero-order valence-corrected chi connectivity index (χ0v) is 10.6. The number of rotatable bonds is 5. The molecule has 7 nitrogen and oxygen atoms in total. The lowest BCUT2D eigenvalue weighted by atomic mass is 10.0. The SMILES string of the molecule is CNCCOc1cc2c(cc1[N+](=O)[O-])NC(=O)CC2. The fourth-order valence-corrected chi connectivity index (χ4v) is 1.92. The van der Waals surface area contributed by atoms with Crippen LogP contribution in [-0.4, -0.2) is 31.0 Å². The van der Waals surface area contributed by atoms with Crippen LogP contribution in [0.2, 0.25) is 0 Å². The minimum atomic E-state index is -0.504. The molecule has 0 aliphatic carbocycles. The molecule has 102 valence electrons. The van der Waals surface area contributed by atoms with Crippen molar-refractivity contribution >= 4 is 17.3 Å². The van der Waals surface area contributed by atoms with Gasteiger partial charge in [0.05, 0.1) is 10.6 Å². The lowest BCUT2D eigenvalue weighted by molar-refractivity contribution is -0.385. The highest BCUT2D eigenvalue weighted by molar-refractivity contribution is 5.94. The summed E-state index contributed by atoms with van der Waals surface area (Å²) < 4.78 is 5.41. The van der Waals surface area contributed by atoms with Gasteiger partial charge in [0.2, 0.25) is 5.91 Å². The normalized spacial score (nSPS) is 13.6. The zero-order valence-electron chi connectivity index (χ0n) is 10.6. The number of hydrogen-bond donors (Lipinski definition) is 2. The van der Waals surface area contributed by atoms with Crippen LogP contribution in [0.4, 0.5) is 11.4 Å². The standard InChI is InChI=1S/C12H15N3O4/c1-13-4-5-19-11-6-8-2-3-12(16)14-9(8)7-10(11)15(17)18/h6-7,13H,2-5H2,1H3,(H,14,16). The summed E-state index contributed by atoms with van der Waals surface area (Å²) in [5.41, 5.74) is 1.24. The van der Waals surface area contributed by atoms with Crippen molar-refractivity contribution in [3.05, 3.63) is 27.8 Å². The van der Waals surface area contributed by atoms with Crippen molar-refractivity contribution in [2.75, 3.05) is 25.5 Å². The van der Waals surface area contributed by atoms with Crippen LogP contribution in [-0.2, 0) is 11.2 Å². The van der Waals surface area contributed by atoms with Gasteiger partial charge in [-0.25, -0.2) is 0 Å². The Morgan fingerprint density at radius 3 is 2.95 bits per heavy atom. The van der Waals surface area contributed by atoms with Gasteiger partial charge in [-0.05, 0) is 25.1 Å². The lowest BCUT2D eigenvalue weighted by Crippen LogP contribution is -2.20. The summed E-state index contributed by atoms with van der Waals surface area (Å²) >= 11 is 0. The van der Waals surface area contributed by atoms with Gasteiger partial charge in [0, 0.05) is 19.0 Å². The van der Waals surface area contributed by atoms with Gasteiger partial charge >= 0.3 is 5.69 Å². The first-order valence-corrected chi connectivity index (χ1v) is 6.00. The minimum Gasteiger partial charge on any atom is -0.485 e. The van der Waals surface area contributed by atoms with E-state index >= 15 is 0 Å². The van der Waals surface area contributed by atoms with E-state index in [2.05, 4.69) is 10.6 Å². The number of carbonyl (C=O) groups is 1. The number of nitro benzene ring substituents is 1. The Morgan fingerprint density at radius 2 is 2.26 bits per heavy atom. The molecule has 2 N–H and O–H groups in total. The number of nitrogens with one attached hydrogen (secondary N) is 2. The van der Waals surface area contributed by atoms with E-state index in [9.17, 15) is 14.9 Å². The Balaban J connectivity index is 2.30. The van der Waals surface area contributed by atoms with Gasteiger partial charge in [-0.2, -0.15) is 0 Å². The van der Waals surface area contributed by atoms with Crippen LogP contribution in [0.1, 0.15) is 12.0 Å². The topological polar surface area (TPSA) is 93.5 Å². The second-order valence-electron chi connectivity index (χ2n) is 4.23. The number of fused-ring (bicyclic) bond motifs is 1. The molecule has 1 heterocycles. The third-order valence-corrected chi connectivity index (χ3v) is 2.89. The summed E-state index contributed by atoms with van der Waals surface area (Å²) in [7, 11) is 1.78. The number of hydrogen-bond acceptors (Lipinski definition) is 5. The first-order valence-electron chi connectivity index (χ1n) is 6.00. The van der Waals surface area contributed by atoms with Crippen molar-refractivity contribution in [1.82, 2.24) is 5.32 Å². The lowest BCUT2D eigenvalue weighted by Gasteiger charge is -2.17. The molecule has 1 aliphatic rings. The van der Waals surface area contributed by atoms with Gasteiger partial charge in [0.15, 0.2) is 5.75 Å². The van der Waals surface area contributed by atoms with Crippen LogP contribution in [0.3, 0.4) is 0 Å². The van der Waals surface area contributed by atoms with E-state index in [0.29, 0.717) is 31.7 Å². The number of benzene rings is 1. The first kappa shape index (κ1) is 13.3. The molecule has 1 aromatic rings. The number of carbonyl (C=O) groups excluding carboxylic acids is 1. The summed E-state index contributed by atoms with van der Waals surface area (Å²) in [6.45, 7) is 0.952. The minimum absolute atomic E-state index is 0.120. The van der Waals surface area contributed by atoms with E-state index in [-0.39, 0.29) is 17.3 Å². The quantitative estimate of drug-likeness (QED) is 0.472. The molecule has 7 heteroatoms. The highest BCUT2D eigenvalue weighted by atomic mass is 16.6. The molecule has 0 fully saturated rings. The molecule has 0 atom stereocenters. The molecule has 0 saturated carbocycles. The van der Waals surface area contributed by atoms with Crippen LogP contribution in [0.5, 0.6) is 5.75 Å². The highest BCUT2D eigenvalue weighted by Crippen LogP contribution is 2.35. The third-order valence-electron chi connectivity index (χ3n) is 2.89. The Labute approximate surface area is 110 Å². The predicted molar refractivity (Wildman–Crippen MR) is 69.5 cm³/mol. The van der Waals surface area contributed by atoms with E-state index in [1.165, 1.54) is 6.07 Å². The van der Waals surface area contributed by atoms with Crippen LogP contribution >= 0.6 is 0 Å². The largest absolute Gasteiger partial charge is 0.485 e. The molecule has 1 amide bonds. The number of amides is 1. The summed E-state index contributed by atoms with van der Waals surface area (Å²) in [5, 5.41) is 16.6. The fraction of sp³-hybridized carbons (Fsp3) is 0.417. The second-order valence-corrected chi connectivity index (χ2v) is 4.23. The van der Waals surface area contributed by atoms with Gasteiger partial charge in [0.25, 0.3) is 0 Å². The van der Waals surface area contributed by atoms with Gasteiger partial charge in [-0.3, -0.25) is 14.9 Å². The molecular weight excluding hydrogens is 250 g/mol. The molecule has 19 heavy (non-hydrogen) atoms. The van der Waals surface area contributed by atoms with E-state index in [1.807, 2.05) is 0 Å². The molecule has 1 aliphatic heterocycles. The Morgan fingerprint density at radius 1 is 1.47 bits per heavy atom. The van der Waals surface area contributed by atoms with E-state index in [4.69, 9.17) is 4.74 Å². The maximum atomic E-state index is 11.3. The molecule has 1 aromatic carbocycles. The summed E-state index contributed by atoms with van der Waals surface area (Å²) in [6, 6.07) is 3.00. The van der Waals surface area contributed by atoms with Crippen LogP contribution in [0.25, 0.3) is 0 Å². The predicted octanol–water partition coefficient (Wildman–Crippen LogP) is 1.08. The van der Waals surface area contributed by atoms with Gasteiger partial charge < -0.3 is 15.4 Å². The number of ether oxygens (including phenoxy) is 1. The molecule has 0 saturated heterocycles. The maximum Gasteiger partial charge on any atom is 0.313 e.